The van der Waals surface area contributed by atoms with Crippen molar-refractivity contribution in [3.8, 4) is 0 Å². The first-order valence-electron chi connectivity index (χ1n) is 4.32. The second-order valence-corrected chi connectivity index (χ2v) is 3.54. The third-order valence-corrected chi connectivity index (χ3v) is 2.99. The molecule has 0 bridgehead atoms. The normalized spacial score (nSPS) is 39.6. The summed E-state index contributed by atoms with van der Waals surface area (Å²) in [7, 11) is 1.45. The highest BCUT2D eigenvalue weighted by Gasteiger charge is 2.50. The number of hydrogen-bond acceptors (Lipinski definition) is 4. The monoisotopic (exact) mass is 170 g/mol. The van der Waals surface area contributed by atoms with Gasteiger partial charge in [0.2, 0.25) is 0 Å². The van der Waals surface area contributed by atoms with Gasteiger partial charge in [0.25, 0.3) is 0 Å². The van der Waals surface area contributed by atoms with Crippen molar-refractivity contribution in [2.45, 2.75) is 12.0 Å². The van der Waals surface area contributed by atoms with Crippen molar-refractivity contribution in [1.29, 1.82) is 0 Å². The minimum absolute atomic E-state index is 0.0104. The van der Waals surface area contributed by atoms with Crippen molar-refractivity contribution in [3.63, 3.8) is 0 Å². The van der Waals surface area contributed by atoms with Gasteiger partial charge < -0.3 is 15.4 Å². The number of rotatable bonds is 1. The smallest absolute Gasteiger partial charge is 0.311 e. The fraction of sp³-hybridized carbons (Fsp3) is 0.875. The van der Waals surface area contributed by atoms with Crippen LogP contribution in [-0.2, 0) is 9.53 Å². The molecule has 12 heavy (non-hydrogen) atoms. The number of carbonyl (C=O) groups is 1. The predicted octanol–water partition coefficient (Wildman–Crippen LogP) is -0.889. The van der Waals surface area contributed by atoms with E-state index in [4.69, 9.17) is 4.74 Å². The van der Waals surface area contributed by atoms with Crippen LogP contribution in [0, 0.1) is 5.92 Å². The van der Waals surface area contributed by atoms with Gasteiger partial charge in [-0.3, -0.25) is 4.79 Å². The number of nitrogens with one attached hydrogen (secondary N) is 2. The van der Waals surface area contributed by atoms with E-state index < -0.39 is 0 Å². The van der Waals surface area contributed by atoms with E-state index in [0.29, 0.717) is 0 Å². The predicted molar refractivity (Wildman–Crippen MR) is 43.7 cm³/mol. The SMILES string of the molecule is COC(=O)[C@@H]1CNC[C@]12CCN2. The van der Waals surface area contributed by atoms with Gasteiger partial charge in [-0.05, 0) is 13.0 Å². The number of ether oxygens (including phenoxy) is 1. The first-order chi connectivity index (χ1) is 5.78. The van der Waals surface area contributed by atoms with Gasteiger partial charge in [0, 0.05) is 18.6 Å². The highest BCUT2D eigenvalue weighted by atomic mass is 16.5. The molecular weight excluding hydrogens is 156 g/mol. The number of esters is 1. The summed E-state index contributed by atoms with van der Waals surface area (Å²) in [5.74, 6) is -0.0801. The van der Waals surface area contributed by atoms with Crippen molar-refractivity contribution in [2.75, 3.05) is 26.7 Å². The quantitative estimate of drug-likeness (QED) is 0.501. The lowest BCUT2D eigenvalue weighted by Gasteiger charge is -2.42. The Kier molecular flexibility index (Phi) is 1.81. The molecule has 2 aliphatic rings. The summed E-state index contributed by atoms with van der Waals surface area (Å²) in [6.07, 6.45) is 1.08. The Bertz CT molecular complexity index is 201. The maximum absolute atomic E-state index is 11.3. The van der Waals surface area contributed by atoms with E-state index >= 15 is 0 Å². The van der Waals surface area contributed by atoms with Gasteiger partial charge >= 0.3 is 5.97 Å². The average molecular weight is 170 g/mol. The topological polar surface area (TPSA) is 50.4 Å². The van der Waals surface area contributed by atoms with Gasteiger partial charge in [-0.2, -0.15) is 0 Å². The second kappa shape index (κ2) is 2.71. The summed E-state index contributed by atoms with van der Waals surface area (Å²) in [5, 5.41) is 6.54. The standard InChI is InChI=1S/C8H14N2O2/c1-12-7(11)6-4-9-5-8(6)2-3-10-8/h6,9-10H,2-5H2,1H3/t6-,8+/m0/s1. The molecule has 0 aromatic rings. The fourth-order valence-corrected chi connectivity index (χ4v) is 2.10. The molecule has 0 aliphatic carbocycles. The average Bonchev–Trinajstić information content (AvgIpc) is 2.45. The molecule has 2 rings (SSSR count). The summed E-state index contributed by atoms with van der Waals surface area (Å²) in [6.45, 7) is 2.67. The van der Waals surface area contributed by atoms with Gasteiger partial charge in [-0.25, -0.2) is 0 Å². The first-order valence-corrected chi connectivity index (χ1v) is 4.32. The van der Waals surface area contributed by atoms with E-state index in [1.807, 2.05) is 0 Å². The van der Waals surface area contributed by atoms with E-state index in [0.717, 1.165) is 26.1 Å². The van der Waals surface area contributed by atoms with Crippen molar-refractivity contribution in [2.24, 2.45) is 5.92 Å². The van der Waals surface area contributed by atoms with Crippen LogP contribution in [0.2, 0.25) is 0 Å². The van der Waals surface area contributed by atoms with Crippen LogP contribution < -0.4 is 10.6 Å². The molecule has 1 spiro atoms. The third-order valence-electron chi connectivity index (χ3n) is 2.99. The van der Waals surface area contributed by atoms with Crippen LogP contribution in [-0.4, -0.2) is 38.3 Å². The molecule has 2 aliphatic heterocycles. The molecule has 0 amide bonds. The maximum atomic E-state index is 11.3. The van der Waals surface area contributed by atoms with Gasteiger partial charge in [-0.1, -0.05) is 0 Å². The molecule has 68 valence electrons. The van der Waals surface area contributed by atoms with Crippen LogP contribution in [0.5, 0.6) is 0 Å². The summed E-state index contributed by atoms with van der Waals surface area (Å²) >= 11 is 0. The third kappa shape index (κ3) is 0.949. The molecule has 2 saturated heterocycles. The molecule has 0 saturated carbocycles. The van der Waals surface area contributed by atoms with Crippen molar-refractivity contribution in [3.05, 3.63) is 0 Å². The Morgan fingerprint density at radius 1 is 1.67 bits per heavy atom. The van der Waals surface area contributed by atoms with Gasteiger partial charge in [0.1, 0.15) is 0 Å². The summed E-state index contributed by atoms with van der Waals surface area (Å²) < 4.78 is 4.75. The molecule has 4 nitrogen and oxygen atoms in total. The zero-order valence-corrected chi connectivity index (χ0v) is 7.22. The summed E-state index contributed by atoms with van der Waals surface area (Å²) in [6, 6.07) is 0. The Balaban J connectivity index is 2.09. The summed E-state index contributed by atoms with van der Waals surface area (Å²) in [5.41, 5.74) is 0.0209. The molecule has 0 unspecified atom stereocenters. The molecule has 2 atom stereocenters. The van der Waals surface area contributed by atoms with Crippen molar-refractivity contribution < 1.29 is 9.53 Å². The van der Waals surface area contributed by atoms with E-state index in [-0.39, 0.29) is 17.4 Å². The lowest BCUT2D eigenvalue weighted by Crippen LogP contribution is -2.63. The zero-order valence-electron chi connectivity index (χ0n) is 7.22. The van der Waals surface area contributed by atoms with Crippen LogP contribution in [0.25, 0.3) is 0 Å². The zero-order chi connectivity index (χ0) is 8.60. The van der Waals surface area contributed by atoms with E-state index in [9.17, 15) is 4.79 Å². The highest BCUT2D eigenvalue weighted by Crippen LogP contribution is 2.31. The minimum atomic E-state index is -0.0906. The van der Waals surface area contributed by atoms with E-state index in [1.54, 1.807) is 0 Å². The van der Waals surface area contributed by atoms with Crippen LogP contribution in [0.15, 0.2) is 0 Å². The van der Waals surface area contributed by atoms with Crippen molar-refractivity contribution in [1.82, 2.24) is 10.6 Å². The number of methoxy groups -OCH3 is 1. The Hall–Kier alpha value is -0.610. The Labute approximate surface area is 71.7 Å². The molecule has 0 aromatic carbocycles. The minimum Gasteiger partial charge on any atom is -0.469 e. The van der Waals surface area contributed by atoms with Crippen LogP contribution >= 0.6 is 0 Å². The fourth-order valence-electron chi connectivity index (χ4n) is 2.10. The van der Waals surface area contributed by atoms with Crippen molar-refractivity contribution >= 4 is 5.97 Å². The van der Waals surface area contributed by atoms with Crippen LogP contribution in [0.1, 0.15) is 6.42 Å². The molecule has 0 aromatic heterocycles. The molecular formula is C8H14N2O2. The lowest BCUT2D eigenvalue weighted by atomic mass is 9.78. The lowest BCUT2D eigenvalue weighted by molar-refractivity contribution is -0.148. The molecule has 0 radical (unpaired) electrons. The number of carbonyl (C=O) groups excluding carboxylic acids is 1. The molecule has 2 N–H and O–H groups in total. The molecule has 4 heteroatoms. The van der Waals surface area contributed by atoms with Crippen LogP contribution in [0.3, 0.4) is 0 Å². The van der Waals surface area contributed by atoms with E-state index in [2.05, 4.69) is 10.6 Å². The first kappa shape index (κ1) is 8.01. The van der Waals surface area contributed by atoms with Gasteiger partial charge in [0.15, 0.2) is 0 Å². The largest absolute Gasteiger partial charge is 0.469 e. The van der Waals surface area contributed by atoms with Gasteiger partial charge in [0.05, 0.1) is 13.0 Å². The Morgan fingerprint density at radius 3 is 2.92 bits per heavy atom. The second-order valence-electron chi connectivity index (χ2n) is 3.54. The van der Waals surface area contributed by atoms with Crippen LogP contribution in [0.4, 0.5) is 0 Å². The Morgan fingerprint density at radius 2 is 2.42 bits per heavy atom. The van der Waals surface area contributed by atoms with E-state index in [1.165, 1.54) is 7.11 Å². The maximum Gasteiger partial charge on any atom is 0.311 e. The summed E-state index contributed by atoms with van der Waals surface area (Å²) in [4.78, 5) is 11.3. The molecule has 2 heterocycles. The number of hydrogen-bond donors (Lipinski definition) is 2. The molecule has 2 fully saturated rings. The van der Waals surface area contributed by atoms with Gasteiger partial charge in [-0.15, -0.1) is 0 Å². The highest BCUT2D eigenvalue weighted by molar-refractivity contribution is 5.75.